The lowest BCUT2D eigenvalue weighted by Crippen LogP contribution is -2.15. The molecule has 0 saturated heterocycles. The largest absolute Gasteiger partial charge is 0.325 e. The molecule has 2 N–H and O–H groups in total. The first-order valence-electron chi connectivity index (χ1n) is 7.71. The monoisotopic (exact) mass is 373 g/mol. The van der Waals surface area contributed by atoms with Gasteiger partial charge in [0, 0.05) is 21.5 Å². The van der Waals surface area contributed by atoms with Gasteiger partial charge in [0.15, 0.2) is 0 Å². The number of rotatable bonds is 4. The van der Waals surface area contributed by atoms with Gasteiger partial charge in [-0.3, -0.25) is 4.79 Å². The summed E-state index contributed by atoms with van der Waals surface area (Å²) < 4.78 is 0. The highest BCUT2D eigenvalue weighted by Crippen LogP contribution is 2.48. The average molecular weight is 374 g/mol. The Morgan fingerprint density at radius 1 is 1.12 bits per heavy atom. The van der Waals surface area contributed by atoms with E-state index in [4.69, 9.17) is 23.2 Å². The molecule has 4 rings (SSSR count). The summed E-state index contributed by atoms with van der Waals surface area (Å²) in [5.74, 6) is 0.493. The van der Waals surface area contributed by atoms with E-state index < -0.39 is 0 Å². The molecule has 6 nitrogen and oxygen atoms in total. The fraction of sp³-hybridized carbons (Fsp3) is 0.176. The van der Waals surface area contributed by atoms with Crippen molar-refractivity contribution >= 4 is 34.8 Å². The number of carbonyl (C=O) groups excluding carboxylic acids is 1. The van der Waals surface area contributed by atoms with Crippen LogP contribution in [0, 0.1) is 5.92 Å². The lowest BCUT2D eigenvalue weighted by atomic mass is 10.1. The number of hydrogen-bond acceptors (Lipinski definition) is 4. The van der Waals surface area contributed by atoms with Crippen molar-refractivity contribution in [2.75, 3.05) is 5.32 Å². The molecule has 1 fully saturated rings. The minimum Gasteiger partial charge on any atom is -0.325 e. The molecule has 8 heteroatoms. The Morgan fingerprint density at radius 3 is 2.60 bits per heavy atom. The van der Waals surface area contributed by atoms with E-state index in [-0.39, 0.29) is 17.7 Å². The van der Waals surface area contributed by atoms with Gasteiger partial charge in [0.05, 0.1) is 5.69 Å². The highest BCUT2D eigenvalue weighted by atomic mass is 35.5. The number of aromatic amines is 1. The molecule has 0 spiro atoms. The number of halogens is 2. The van der Waals surface area contributed by atoms with Crippen LogP contribution >= 0.6 is 23.2 Å². The lowest BCUT2D eigenvalue weighted by Gasteiger charge is -2.09. The molecular weight excluding hydrogens is 361 g/mol. The van der Waals surface area contributed by atoms with Crippen LogP contribution in [0.5, 0.6) is 0 Å². The predicted octanol–water partition coefficient (Wildman–Crippen LogP) is 3.92. The zero-order valence-electron chi connectivity index (χ0n) is 12.9. The molecule has 1 aliphatic carbocycles. The van der Waals surface area contributed by atoms with Crippen LogP contribution in [0.25, 0.3) is 11.4 Å². The normalized spacial score (nSPS) is 18.8. The third kappa shape index (κ3) is 3.36. The van der Waals surface area contributed by atoms with Crippen LogP contribution in [0.1, 0.15) is 17.9 Å². The van der Waals surface area contributed by atoms with Crippen LogP contribution in [0.2, 0.25) is 10.0 Å². The molecular formula is C17H13Cl2N5O. The maximum atomic E-state index is 12.6. The molecule has 2 aromatic carbocycles. The smallest absolute Gasteiger partial charge is 0.228 e. The van der Waals surface area contributed by atoms with Crippen molar-refractivity contribution in [3.8, 4) is 11.4 Å². The standard InChI is InChI=1S/C17H13Cl2N5O/c18-10-3-1-9(2-4-10)13-8-14(13)17(25)20-15-7-11(19)5-6-12(15)16-21-23-24-22-16/h1-7,13-14H,8H2,(H,20,25)(H,21,22,23,24)/t13-,14+/m1/s1. The number of aromatic nitrogens is 4. The molecule has 1 aliphatic rings. The molecule has 126 valence electrons. The van der Waals surface area contributed by atoms with Crippen molar-refractivity contribution in [2.45, 2.75) is 12.3 Å². The zero-order chi connectivity index (χ0) is 17.4. The minimum atomic E-state index is -0.0710. The number of H-pyrrole nitrogens is 1. The summed E-state index contributed by atoms with van der Waals surface area (Å²) in [5, 5.41) is 18.0. The first kappa shape index (κ1) is 16.1. The first-order valence-corrected chi connectivity index (χ1v) is 8.47. The number of nitrogens with zero attached hydrogens (tertiary/aromatic N) is 3. The topological polar surface area (TPSA) is 83.6 Å². The first-order chi connectivity index (χ1) is 12.1. The number of benzene rings is 2. The van der Waals surface area contributed by atoms with E-state index in [1.165, 1.54) is 0 Å². The Morgan fingerprint density at radius 2 is 1.88 bits per heavy atom. The summed E-state index contributed by atoms with van der Waals surface area (Å²) in [6.45, 7) is 0. The summed E-state index contributed by atoms with van der Waals surface area (Å²) >= 11 is 12.0. The van der Waals surface area contributed by atoms with Crippen LogP contribution in [0.15, 0.2) is 42.5 Å². The molecule has 1 aromatic heterocycles. The van der Waals surface area contributed by atoms with Crippen molar-refractivity contribution in [3.05, 3.63) is 58.1 Å². The highest BCUT2D eigenvalue weighted by molar-refractivity contribution is 6.31. The third-order valence-electron chi connectivity index (χ3n) is 4.25. The highest BCUT2D eigenvalue weighted by Gasteiger charge is 2.44. The quantitative estimate of drug-likeness (QED) is 0.725. The lowest BCUT2D eigenvalue weighted by molar-refractivity contribution is -0.117. The SMILES string of the molecule is O=C(Nc1cc(Cl)ccc1-c1nn[nH]n1)[C@H]1C[C@@H]1c1ccc(Cl)cc1. The fourth-order valence-corrected chi connectivity index (χ4v) is 3.18. The van der Waals surface area contributed by atoms with Gasteiger partial charge < -0.3 is 5.32 Å². The summed E-state index contributed by atoms with van der Waals surface area (Å²) in [5.41, 5.74) is 2.35. The molecule has 0 radical (unpaired) electrons. The van der Waals surface area contributed by atoms with Crippen LogP contribution in [0.4, 0.5) is 5.69 Å². The molecule has 25 heavy (non-hydrogen) atoms. The van der Waals surface area contributed by atoms with Gasteiger partial charge in [0.25, 0.3) is 0 Å². The van der Waals surface area contributed by atoms with Gasteiger partial charge in [-0.1, -0.05) is 35.3 Å². The van der Waals surface area contributed by atoms with E-state index in [0.717, 1.165) is 12.0 Å². The van der Waals surface area contributed by atoms with E-state index in [0.29, 0.717) is 27.1 Å². The van der Waals surface area contributed by atoms with Gasteiger partial charge in [0.2, 0.25) is 11.7 Å². The molecule has 2 atom stereocenters. The zero-order valence-corrected chi connectivity index (χ0v) is 14.4. The number of nitrogens with one attached hydrogen (secondary N) is 2. The summed E-state index contributed by atoms with van der Waals surface area (Å²) in [4.78, 5) is 12.6. The number of carbonyl (C=O) groups is 1. The van der Waals surface area contributed by atoms with Crippen molar-refractivity contribution in [1.29, 1.82) is 0 Å². The molecule has 1 saturated carbocycles. The summed E-state index contributed by atoms with van der Waals surface area (Å²) in [7, 11) is 0. The molecule has 0 unspecified atom stereocenters. The van der Waals surface area contributed by atoms with Crippen LogP contribution < -0.4 is 5.32 Å². The maximum absolute atomic E-state index is 12.6. The van der Waals surface area contributed by atoms with Gasteiger partial charge in [-0.15, -0.1) is 10.2 Å². The van der Waals surface area contributed by atoms with Gasteiger partial charge >= 0.3 is 0 Å². The van der Waals surface area contributed by atoms with Crippen molar-refractivity contribution in [3.63, 3.8) is 0 Å². The van der Waals surface area contributed by atoms with Crippen LogP contribution in [-0.4, -0.2) is 26.5 Å². The average Bonchev–Trinajstić information content (AvgIpc) is 3.22. The predicted molar refractivity (Wildman–Crippen MR) is 95.6 cm³/mol. The Balaban J connectivity index is 1.52. The van der Waals surface area contributed by atoms with Gasteiger partial charge in [-0.2, -0.15) is 5.21 Å². The van der Waals surface area contributed by atoms with Crippen LogP contribution in [-0.2, 0) is 4.79 Å². The molecule has 0 bridgehead atoms. The van der Waals surface area contributed by atoms with Gasteiger partial charge in [0.1, 0.15) is 0 Å². The second kappa shape index (κ2) is 6.46. The van der Waals surface area contributed by atoms with Gasteiger partial charge in [-0.25, -0.2) is 0 Å². The third-order valence-corrected chi connectivity index (χ3v) is 4.74. The van der Waals surface area contributed by atoms with Gasteiger partial charge in [-0.05, 0) is 53.4 Å². The Bertz CT molecular complexity index is 911. The number of anilines is 1. The fourth-order valence-electron chi connectivity index (χ4n) is 2.88. The number of tetrazole rings is 1. The number of hydrogen-bond donors (Lipinski definition) is 2. The van der Waals surface area contributed by atoms with Crippen molar-refractivity contribution in [2.24, 2.45) is 5.92 Å². The number of amides is 1. The summed E-state index contributed by atoms with van der Waals surface area (Å²) in [6.07, 6.45) is 0.811. The van der Waals surface area contributed by atoms with Crippen LogP contribution in [0.3, 0.4) is 0 Å². The van der Waals surface area contributed by atoms with Crippen molar-refractivity contribution in [1.82, 2.24) is 20.6 Å². The van der Waals surface area contributed by atoms with E-state index >= 15 is 0 Å². The minimum absolute atomic E-state index is 0.0491. The summed E-state index contributed by atoms with van der Waals surface area (Å²) in [6, 6.07) is 12.8. The molecule has 1 heterocycles. The second-order valence-electron chi connectivity index (χ2n) is 5.91. The van der Waals surface area contributed by atoms with E-state index in [9.17, 15) is 4.79 Å². The van der Waals surface area contributed by atoms with E-state index in [2.05, 4.69) is 25.9 Å². The Kier molecular flexibility index (Phi) is 4.15. The maximum Gasteiger partial charge on any atom is 0.228 e. The van der Waals surface area contributed by atoms with E-state index in [1.807, 2.05) is 24.3 Å². The molecule has 1 amide bonds. The Labute approximate surface area is 153 Å². The van der Waals surface area contributed by atoms with E-state index in [1.54, 1.807) is 18.2 Å². The second-order valence-corrected chi connectivity index (χ2v) is 6.79. The molecule has 3 aromatic rings. The molecule has 0 aliphatic heterocycles. The van der Waals surface area contributed by atoms with Crippen molar-refractivity contribution < 1.29 is 4.79 Å². The Hall–Kier alpha value is -2.44.